The molecule has 1 amide bonds. The zero-order chi connectivity index (χ0) is 13.0. The first-order valence-electron chi connectivity index (χ1n) is 7.43. The summed E-state index contributed by atoms with van der Waals surface area (Å²) in [5, 5.41) is 3.31. The van der Waals surface area contributed by atoms with E-state index in [2.05, 4.69) is 29.0 Å². The molecule has 104 valence electrons. The molecule has 2 heterocycles. The van der Waals surface area contributed by atoms with Crippen molar-refractivity contribution in [1.29, 1.82) is 0 Å². The third-order valence-electron chi connectivity index (χ3n) is 4.10. The Morgan fingerprint density at radius 2 is 1.61 bits per heavy atom. The Hall–Kier alpha value is -0.610. The van der Waals surface area contributed by atoms with Crippen molar-refractivity contribution in [2.75, 3.05) is 39.3 Å². The number of nitrogens with one attached hydrogen (secondary N) is 1. The van der Waals surface area contributed by atoms with Gasteiger partial charge in [-0.25, -0.2) is 0 Å². The second kappa shape index (κ2) is 6.53. The number of hydrogen-bond acceptors (Lipinski definition) is 3. The van der Waals surface area contributed by atoms with Crippen LogP contribution in [-0.2, 0) is 4.79 Å². The van der Waals surface area contributed by atoms with Crippen molar-refractivity contribution in [3.63, 3.8) is 0 Å². The Balaban J connectivity index is 2.01. The van der Waals surface area contributed by atoms with Crippen molar-refractivity contribution >= 4 is 5.91 Å². The highest BCUT2D eigenvalue weighted by Gasteiger charge is 2.33. The summed E-state index contributed by atoms with van der Waals surface area (Å²) in [7, 11) is 0. The first-order chi connectivity index (χ1) is 8.70. The topological polar surface area (TPSA) is 35.6 Å². The Morgan fingerprint density at radius 3 is 2.17 bits per heavy atom. The van der Waals surface area contributed by atoms with Crippen molar-refractivity contribution in [3.8, 4) is 0 Å². The highest BCUT2D eigenvalue weighted by Crippen LogP contribution is 2.19. The molecule has 2 saturated heterocycles. The zero-order valence-corrected chi connectivity index (χ0v) is 11.8. The molecule has 0 radical (unpaired) electrons. The number of piperazine rings is 1. The van der Waals surface area contributed by atoms with E-state index in [1.54, 1.807) is 0 Å². The molecule has 2 aliphatic heterocycles. The van der Waals surface area contributed by atoms with Gasteiger partial charge in [-0.3, -0.25) is 9.69 Å². The number of carbonyl (C=O) groups excluding carboxylic acids is 1. The number of piperidine rings is 1. The molecule has 4 nitrogen and oxygen atoms in total. The molecule has 0 saturated carbocycles. The summed E-state index contributed by atoms with van der Waals surface area (Å²) in [4.78, 5) is 17.2. The van der Waals surface area contributed by atoms with Crippen LogP contribution in [0.15, 0.2) is 0 Å². The number of rotatable bonds is 3. The van der Waals surface area contributed by atoms with Gasteiger partial charge in [-0.1, -0.05) is 20.3 Å². The highest BCUT2D eigenvalue weighted by atomic mass is 16.2. The lowest BCUT2D eigenvalue weighted by Gasteiger charge is -2.39. The van der Waals surface area contributed by atoms with Gasteiger partial charge in [-0.15, -0.1) is 0 Å². The Labute approximate surface area is 111 Å². The second-order valence-corrected chi connectivity index (χ2v) is 5.86. The summed E-state index contributed by atoms with van der Waals surface area (Å²) >= 11 is 0. The standard InChI is InChI=1S/C14H27N3O/c1-12(2)13(16-8-4-3-5-9-16)14(18)17-10-6-15-7-11-17/h12-13,15H,3-11H2,1-2H3. The number of amides is 1. The molecule has 0 spiro atoms. The van der Waals surface area contributed by atoms with E-state index < -0.39 is 0 Å². The van der Waals surface area contributed by atoms with E-state index >= 15 is 0 Å². The average Bonchev–Trinajstić information content (AvgIpc) is 2.40. The van der Waals surface area contributed by atoms with Gasteiger partial charge in [0, 0.05) is 26.2 Å². The zero-order valence-electron chi connectivity index (χ0n) is 11.8. The maximum atomic E-state index is 12.7. The van der Waals surface area contributed by atoms with Gasteiger partial charge in [0.1, 0.15) is 0 Å². The van der Waals surface area contributed by atoms with Gasteiger partial charge in [0.05, 0.1) is 6.04 Å². The van der Waals surface area contributed by atoms with E-state index in [1.165, 1.54) is 19.3 Å². The molecule has 2 rings (SSSR count). The fourth-order valence-corrected chi connectivity index (χ4v) is 3.13. The predicted molar refractivity (Wildman–Crippen MR) is 73.5 cm³/mol. The van der Waals surface area contributed by atoms with Crippen LogP contribution < -0.4 is 5.32 Å². The molecule has 1 N–H and O–H groups in total. The van der Waals surface area contributed by atoms with E-state index in [9.17, 15) is 4.79 Å². The lowest BCUT2D eigenvalue weighted by Crippen LogP contribution is -2.56. The smallest absolute Gasteiger partial charge is 0.240 e. The largest absolute Gasteiger partial charge is 0.339 e. The number of nitrogens with zero attached hydrogens (tertiary/aromatic N) is 2. The minimum atomic E-state index is 0.100. The molecule has 2 fully saturated rings. The fraction of sp³-hybridized carbons (Fsp3) is 0.929. The maximum Gasteiger partial charge on any atom is 0.240 e. The van der Waals surface area contributed by atoms with Crippen LogP contribution in [-0.4, -0.2) is 61.0 Å². The van der Waals surface area contributed by atoms with Crippen molar-refractivity contribution in [3.05, 3.63) is 0 Å². The molecule has 0 aromatic rings. The SMILES string of the molecule is CC(C)C(C(=O)N1CCNCC1)N1CCCCC1. The first kappa shape index (κ1) is 13.8. The molecule has 0 aliphatic carbocycles. The lowest BCUT2D eigenvalue weighted by atomic mass is 9.97. The molecule has 4 heteroatoms. The molecule has 0 aromatic carbocycles. The summed E-state index contributed by atoms with van der Waals surface area (Å²) in [6, 6.07) is 0.100. The van der Waals surface area contributed by atoms with Crippen LogP contribution >= 0.6 is 0 Å². The van der Waals surface area contributed by atoms with E-state index in [0.29, 0.717) is 11.8 Å². The van der Waals surface area contributed by atoms with Crippen molar-refractivity contribution in [1.82, 2.24) is 15.1 Å². The Morgan fingerprint density at radius 1 is 1.00 bits per heavy atom. The van der Waals surface area contributed by atoms with Crippen LogP contribution in [0, 0.1) is 5.92 Å². The van der Waals surface area contributed by atoms with E-state index in [-0.39, 0.29) is 6.04 Å². The molecule has 18 heavy (non-hydrogen) atoms. The Kier molecular flexibility index (Phi) is 5.01. The van der Waals surface area contributed by atoms with Gasteiger partial charge in [-0.2, -0.15) is 0 Å². The number of hydrogen-bond donors (Lipinski definition) is 1. The van der Waals surface area contributed by atoms with Crippen LogP contribution in [0.1, 0.15) is 33.1 Å². The molecular weight excluding hydrogens is 226 g/mol. The maximum absolute atomic E-state index is 12.7. The third kappa shape index (κ3) is 3.23. The van der Waals surface area contributed by atoms with Crippen LogP contribution in [0.4, 0.5) is 0 Å². The quantitative estimate of drug-likeness (QED) is 0.813. The van der Waals surface area contributed by atoms with Crippen molar-refractivity contribution in [2.45, 2.75) is 39.2 Å². The molecule has 0 bridgehead atoms. The molecule has 1 atom stereocenters. The highest BCUT2D eigenvalue weighted by molar-refractivity contribution is 5.82. The minimum Gasteiger partial charge on any atom is -0.339 e. The van der Waals surface area contributed by atoms with Gasteiger partial charge < -0.3 is 10.2 Å². The Bertz CT molecular complexity index is 268. The normalized spacial score (nSPS) is 24.3. The lowest BCUT2D eigenvalue weighted by molar-refractivity contribution is -0.139. The fourth-order valence-electron chi connectivity index (χ4n) is 3.13. The molecule has 0 aromatic heterocycles. The number of likely N-dealkylation sites (tertiary alicyclic amines) is 1. The van der Waals surface area contributed by atoms with E-state index in [0.717, 1.165) is 39.3 Å². The van der Waals surface area contributed by atoms with Gasteiger partial charge in [0.25, 0.3) is 0 Å². The molecule has 2 aliphatic rings. The van der Waals surface area contributed by atoms with Gasteiger partial charge in [0.2, 0.25) is 5.91 Å². The monoisotopic (exact) mass is 253 g/mol. The van der Waals surface area contributed by atoms with Crippen LogP contribution in [0.25, 0.3) is 0 Å². The van der Waals surface area contributed by atoms with E-state index in [4.69, 9.17) is 0 Å². The van der Waals surface area contributed by atoms with Crippen molar-refractivity contribution in [2.24, 2.45) is 5.92 Å². The third-order valence-corrected chi connectivity index (χ3v) is 4.10. The van der Waals surface area contributed by atoms with Crippen LogP contribution in [0.5, 0.6) is 0 Å². The summed E-state index contributed by atoms with van der Waals surface area (Å²) in [6.07, 6.45) is 3.82. The predicted octanol–water partition coefficient (Wildman–Crippen LogP) is 0.929. The first-order valence-corrected chi connectivity index (χ1v) is 7.43. The van der Waals surface area contributed by atoms with Gasteiger partial charge >= 0.3 is 0 Å². The summed E-state index contributed by atoms with van der Waals surface area (Å²) in [5.41, 5.74) is 0. The second-order valence-electron chi connectivity index (χ2n) is 5.86. The average molecular weight is 253 g/mol. The molecule has 1 unspecified atom stereocenters. The molecular formula is C14H27N3O. The van der Waals surface area contributed by atoms with Crippen molar-refractivity contribution < 1.29 is 4.79 Å². The number of carbonyl (C=O) groups is 1. The minimum absolute atomic E-state index is 0.100. The van der Waals surface area contributed by atoms with Gasteiger partial charge in [-0.05, 0) is 31.8 Å². The summed E-state index contributed by atoms with van der Waals surface area (Å²) < 4.78 is 0. The summed E-state index contributed by atoms with van der Waals surface area (Å²) in [6.45, 7) is 10.2. The van der Waals surface area contributed by atoms with E-state index in [1.807, 2.05) is 0 Å². The van der Waals surface area contributed by atoms with Gasteiger partial charge in [0.15, 0.2) is 0 Å². The summed E-state index contributed by atoms with van der Waals surface area (Å²) in [5.74, 6) is 0.763. The van der Waals surface area contributed by atoms with Crippen LogP contribution in [0.2, 0.25) is 0 Å². The van der Waals surface area contributed by atoms with Crippen LogP contribution in [0.3, 0.4) is 0 Å².